The van der Waals surface area contributed by atoms with Crippen molar-refractivity contribution in [2.24, 2.45) is 5.10 Å². The van der Waals surface area contributed by atoms with Crippen molar-refractivity contribution in [3.8, 4) is 0 Å². The number of carbonyl (C=O) groups excluding carboxylic acids is 1. The van der Waals surface area contributed by atoms with Crippen molar-refractivity contribution in [3.63, 3.8) is 0 Å². The van der Waals surface area contributed by atoms with Crippen LogP contribution in [0.1, 0.15) is 11.1 Å². The highest BCUT2D eigenvalue weighted by Gasteiger charge is 2.20. The topological polar surface area (TPSA) is 78.8 Å². The fourth-order valence-electron chi connectivity index (χ4n) is 2.08. The van der Waals surface area contributed by atoms with Gasteiger partial charge < -0.3 is 0 Å². The Bertz CT molecular complexity index is 911. The van der Waals surface area contributed by atoms with E-state index in [1.807, 2.05) is 6.92 Å². The van der Waals surface area contributed by atoms with Crippen LogP contribution in [0.15, 0.2) is 47.6 Å². The number of aryl methyl sites for hydroxylation is 1. The fraction of sp³-hybridized carbons (Fsp3) is 0.176. The third-order valence-corrected chi connectivity index (χ3v) is 4.86. The fourth-order valence-corrected chi connectivity index (χ4v) is 3.15. The lowest BCUT2D eigenvalue weighted by atomic mass is 10.2. The van der Waals surface area contributed by atoms with Crippen LogP contribution in [-0.4, -0.2) is 33.3 Å². The highest BCUT2D eigenvalue weighted by molar-refractivity contribution is 7.92. The quantitative estimate of drug-likeness (QED) is 0.601. The zero-order valence-corrected chi connectivity index (χ0v) is 15.7. The number of nitrogens with zero attached hydrogens (tertiary/aromatic N) is 2. The van der Waals surface area contributed by atoms with Crippen molar-refractivity contribution in [3.05, 3.63) is 64.4 Å². The number of carbonyl (C=O) groups is 1. The van der Waals surface area contributed by atoms with Gasteiger partial charge in [0.15, 0.2) is 0 Å². The van der Waals surface area contributed by atoms with Gasteiger partial charge in [0.05, 0.1) is 23.2 Å². The molecule has 2 aromatic rings. The molecular formula is C17H17ClFN3O3S. The van der Waals surface area contributed by atoms with Crippen LogP contribution in [0, 0.1) is 12.7 Å². The first kappa shape index (κ1) is 19.9. The Kier molecular flexibility index (Phi) is 6.33. The lowest BCUT2D eigenvalue weighted by Crippen LogP contribution is -2.39. The largest absolute Gasteiger partial charge is 0.271 e. The molecule has 0 spiro atoms. The van der Waals surface area contributed by atoms with E-state index < -0.39 is 28.3 Å². The Balaban J connectivity index is 2.11. The number of amides is 1. The van der Waals surface area contributed by atoms with Crippen LogP contribution in [0.5, 0.6) is 0 Å². The van der Waals surface area contributed by atoms with Crippen LogP contribution in [0.3, 0.4) is 0 Å². The Morgan fingerprint density at radius 3 is 2.50 bits per heavy atom. The third-order valence-electron chi connectivity index (χ3n) is 3.39. The SMILES string of the molecule is Cc1ccc(N(CC(=O)N/N=C\c2c(F)cccc2Cl)S(C)(=O)=O)cc1. The molecule has 0 radical (unpaired) electrons. The Hall–Kier alpha value is -2.45. The lowest BCUT2D eigenvalue weighted by Gasteiger charge is -2.21. The molecule has 0 aliphatic carbocycles. The minimum Gasteiger partial charge on any atom is -0.271 e. The molecule has 0 aromatic heterocycles. The van der Waals surface area contributed by atoms with Crippen LogP contribution in [0.2, 0.25) is 5.02 Å². The molecule has 0 aliphatic heterocycles. The number of rotatable bonds is 6. The van der Waals surface area contributed by atoms with Gasteiger partial charge in [-0.1, -0.05) is 35.4 Å². The summed E-state index contributed by atoms with van der Waals surface area (Å²) >= 11 is 5.85. The van der Waals surface area contributed by atoms with Gasteiger partial charge in [0.1, 0.15) is 12.4 Å². The van der Waals surface area contributed by atoms with Gasteiger partial charge >= 0.3 is 0 Å². The molecule has 0 heterocycles. The first-order chi connectivity index (χ1) is 12.2. The zero-order valence-electron chi connectivity index (χ0n) is 14.1. The number of halogens is 2. The Morgan fingerprint density at radius 2 is 1.92 bits per heavy atom. The minimum atomic E-state index is -3.68. The van der Waals surface area contributed by atoms with E-state index in [4.69, 9.17) is 11.6 Å². The molecule has 0 saturated carbocycles. The van der Waals surface area contributed by atoms with E-state index in [1.54, 1.807) is 24.3 Å². The van der Waals surface area contributed by atoms with E-state index in [0.717, 1.165) is 22.3 Å². The van der Waals surface area contributed by atoms with Crippen LogP contribution in [0.4, 0.5) is 10.1 Å². The van der Waals surface area contributed by atoms with Crippen molar-refractivity contribution in [2.45, 2.75) is 6.92 Å². The average molecular weight is 398 g/mol. The molecule has 26 heavy (non-hydrogen) atoms. The number of hydrogen-bond donors (Lipinski definition) is 1. The summed E-state index contributed by atoms with van der Waals surface area (Å²) in [5, 5.41) is 3.77. The molecule has 138 valence electrons. The summed E-state index contributed by atoms with van der Waals surface area (Å²) in [5.41, 5.74) is 3.50. The van der Waals surface area contributed by atoms with E-state index in [2.05, 4.69) is 10.5 Å². The molecule has 0 saturated heterocycles. The van der Waals surface area contributed by atoms with E-state index in [0.29, 0.717) is 5.69 Å². The van der Waals surface area contributed by atoms with Gasteiger partial charge in [-0.25, -0.2) is 18.2 Å². The summed E-state index contributed by atoms with van der Waals surface area (Å²) in [4.78, 5) is 12.0. The first-order valence-electron chi connectivity index (χ1n) is 7.49. The molecule has 0 fully saturated rings. The van der Waals surface area contributed by atoms with E-state index in [1.165, 1.54) is 18.2 Å². The first-order valence-corrected chi connectivity index (χ1v) is 9.71. The molecule has 0 atom stereocenters. The zero-order chi connectivity index (χ0) is 19.3. The number of hydrogen-bond acceptors (Lipinski definition) is 4. The maximum Gasteiger partial charge on any atom is 0.260 e. The molecular weight excluding hydrogens is 381 g/mol. The van der Waals surface area contributed by atoms with E-state index >= 15 is 0 Å². The van der Waals surface area contributed by atoms with Crippen molar-refractivity contribution in [2.75, 3.05) is 17.1 Å². The van der Waals surface area contributed by atoms with Crippen LogP contribution >= 0.6 is 11.6 Å². The molecule has 0 unspecified atom stereocenters. The van der Waals surface area contributed by atoms with Gasteiger partial charge in [0.25, 0.3) is 5.91 Å². The van der Waals surface area contributed by atoms with Crippen molar-refractivity contribution < 1.29 is 17.6 Å². The monoisotopic (exact) mass is 397 g/mol. The van der Waals surface area contributed by atoms with Gasteiger partial charge in [-0.15, -0.1) is 0 Å². The Labute approximate surface area is 156 Å². The maximum atomic E-state index is 13.6. The van der Waals surface area contributed by atoms with Gasteiger partial charge in [-0.2, -0.15) is 5.10 Å². The average Bonchev–Trinajstić information content (AvgIpc) is 2.55. The Morgan fingerprint density at radius 1 is 1.27 bits per heavy atom. The number of anilines is 1. The molecule has 0 aliphatic rings. The van der Waals surface area contributed by atoms with Gasteiger partial charge in [0.2, 0.25) is 10.0 Å². The molecule has 1 N–H and O–H groups in total. The molecule has 1 amide bonds. The van der Waals surface area contributed by atoms with Gasteiger partial charge in [0, 0.05) is 5.56 Å². The molecule has 6 nitrogen and oxygen atoms in total. The van der Waals surface area contributed by atoms with E-state index in [-0.39, 0.29) is 10.6 Å². The molecule has 9 heteroatoms. The van der Waals surface area contributed by atoms with Crippen LogP contribution in [0.25, 0.3) is 0 Å². The number of hydrazone groups is 1. The van der Waals surface area contributed by atoms with Crippen LogP contribution < -0.4 is 9.73 Å². The predicted molar refractivity (Wildman–Crippen MR) is 101 cm³/mol. The van der Waals surface area contributed by atoms with Gasteiger partial charge in [-0.3, -0.25) is 9.10 Å². The highest BCUT2D eigenvalue weighted by Crippen LogP contribution is 2.18. The molecule has 0 bridgehead atoms. The smallest absolute Gasteiger partial charge is 0.260 e. The maximum absolute atomic E-state index is 13.6. The second-order valence-corrected chi connectivity index (χ2v) is 7.85. The second kappa shape index (κ2) is 8.29. The standard InChI is InChI=1S/C17H17ClFN3O3S/c1-12-6-8-13(9-7-12)22(26(2,24)25)11-17(23)21-20-10-14-15(18)4-3-5-16(14)19/h3-10H,11H2,1-2H3,(H,21,23)/b20-10-. The summed E-state index contributed by atoms with van der Waals surface area (Å²) in [7, 11) is -3.68. The van der Waals surface area contributed by atoms with E-state index in [9.17, 15) is 17.6 Å². The number of sulfonamides is 1. The molecule has 2 aromatic carbocycles. The van der Waals surface area contributed by atoms with Crippen molar-refractivity contribution in [1.82, 2.24) is 5.43 Å². The van der Waals surface area contributed by atoms with Crippen LogP contribution in [-0.2, 0) is 14.8 Å². The predicted octanol–water partition coefficient (Wildman–Crippen LogP) is 2.70. The normalized spacial score (nSPS) is 11.5. The van der Waals surface area contributed by atoms with Crippen molar-refractivity contribution >= 4 is 39.4 Å². The minimum absolute atomic E-state index is 0.0213. The number of benzene rings is 2. The summed E-state index contributed by atoms with van der Waals surface area (Å²) in [6.07, 6.45) is 2.06. The highest BCUT2D eigenvalue weighted by atomic mass is 35.5. The summed E-state index contributed by atoms with van der Waals surface area (Å²) in [6, 6.07) is 10.8. The number of nitrogens with one attached hydrogen (secondary N) is 1. The summed E-state index contributed by atoms with van der Waals surface area (Å²) in [6.45, 7) is 1.40. The van der Waals surface area contributed by atoms with Gasteiger partial charge in [-0.05, 0) is 31.2 Å². The second-order valence-electron chi connectivity index (χ2n) is 5.53. The third kappa shape index (κ3) is 5.27. The molecule has 2 rings (SSSR count). The van der Waals surface area contributed by atoms with Crippen molar-refractivity contribution in [1.29, 1.82) is 0 Å². The summed E-state index contributed by atoms with van der Waals surface area (Å²) < 4.78 is 38.5. The summed E-state index contributed by atoms with van der Waals surface area (Å²) in [5.74, 6) is -1.27. The lowest BCUT2D eigenvalue weighted by molar-refractivity contribution is -0.119.